The number of carboxylic acids is 1. The number of aromatic carboxylic acids is 1. The molecular formula is C6H4Cl2O3. The van der Waals surface area contributed by atoms with Gasteiger partial charge in [-0.2, -0.15) is 0 Å². The third-order valence-electron chi connectivity index (χ3n) is 1.15. The Morgan fingerprint density at radius 2 is 2.00 bits per heavy atom. The lowest BCUT2D eigenvalue weighted by atomic mass is 10.4. The molecule has 60 valence electrons. The molecule has 1 aromatic heterocycles. The molecule has 3 nitrogen and oxygen atoms in total. The van der Waals surface area contributed by atoms with Crippen LogP contribution in [0.15, 0.2) is 4.42 Å². The van der Waals surface area contributed by atoms with Gasteiger partial charge in [0.25, 0.3) is 0 Å². The van der Waals surface area contributed by atoms with Crippen LogP contribution < -0.4 is 0 Å². The summed E-state index contributed by atoms with van der Waals surface area (Å²) in [7, 11) is 0. The van der Waals surface area contributed by atoms with Crippen molar-refractivity contribution in [2.75, 3.05) is 0 Å². The lowest BCUT2D eigenvalue weighted by Crippen LogP contribution is -1.93. The Kier molecular flexibility index (Phi) is 2.11. The van der Waals surface area contributed by atoms with Crippen LogP contribution >= 0.6 is 23.2 Å². The maximum atomic E-state index is 10.4. The van der Waals surface area contributed by atoms with Crippen molar-refractivity contribution in [1.82, 2.24) is 0 Å². The van der Waals surface area contributed by atoms with Crippen LogP contribution in [0.1, 0.15) is 16.3 Å². The maximum Gasteiger partial charge on any atom is 0.373 e. The lowest BCUT2D eigenvalue weighted by molar-refractivity contribution is 0.0661. The van der Waals surface area contributed by atoms with E-state index >= 15 is 0 Å². The Morgan fingerprint density at radius 1 is 1.45 bits per heavy atom. The number of hydrogen-bond donors (Lipinski definition) is 1. The number of halogens is 2. The summed E-state index contributed by atoms with van der Waals surface area (Å²) in [5.74, 6) is -1.21. The highest BCUT2D eigenvalue weighted by atomic mass is 35.5. The summed E-state index contributed by atoms with van der Waals surface area (Å²) in [5, 5.41) is 8.58. The molecule has 0 spiro atoms. The summed E-state index contributed by atoms with van der Waals surface area (Å²) in [6.07, 6.45) is 0. The van der Waals surface area contributed by atoms with Crippen molar-refractivity contribution in [3.63, 3.8) is 0 Å². The van der Waals surface area contributed by atoms with Gasteiger partial charge in [0.05, 0.1) is 0 Å². The Labute approximate surface area is 72.5 Å². The van der Waals surface area contributed by atoms with Gasteiger partial charge in [0.2, 0.25) is 5.76 Å². The van der Waals surface area contributed by atoms with E-state index < -0.39 is 5.97 Å². The van der Waals surface area contributed by atoms with E-state index in [1.54, 1.807) is 6.92 Å². The molecule has 0 aliphatic heterocycles. The van der Waals surface area contributed by atoms with Gasteiger partial charge in [0, 0.05) is 0 Å². The van der Waals surface area contributed by atoms with Crippen LogP contribution in [-0.4, -0.2) is 11.1 Å². The van der Waals surface area contributed by atoms with Gasteiger partial charge in [-0.15, -0.1) is 0 Å². The predicted molar refractivity (Wildman–Crippen MR) is 40.4 cm³/mol. The Balaban J connectivity index is 3.29. The van der Waals surface area contributed by atoms with Crippen molar-refractivity contribution in [1.29, 1.82) is 0 Å². The van der Waals surface area contributed by atoms with Gasteiger partial charge in [-0.1, -0.05) is 23.2 Å². The van der Waals surface area contributed by atoms with Crippen LogP contribution in [-0.2, 0) is 0 Å². The van der Waals surface area contributed by atoms with Crippen LogP contribution in [0.5, 0.6) is 0 Å². The Morgan fingerprint density at radius 3 is 2.18 bits per heavy atom. The highest BCUT2D eigenvalue weighted by molar-refractivity contribution is 6.43. The highest BCUT2D eigenvalue weighted by Gasteiger charge is 2.19. The topological polar surface area (TPSA) is 50.4 Å². The Hall–Kier alpha value is -0.670. The first-order valence-electron chi connectivity index (χ1n) is 2.71. The fourth-order valence-electron chi connectivity index (χ4n) is 0.634. The second-order valence-electron chi connectivity index (χ2n) is 1.92. The van der Waals surface area contributed by atoms with E-state index in [0.717, 1.165) is 0 Å². The fraction of sp³-hybridized carbons (Fsp3) is 0.167. The average molecular weight is 195 g/mol. The number of carbonyl (C=O) groups is 1. The summed E-state index contributed by atoms with van der Waals surface area (Å²) in [6.45, 7) is 1.54. The molecule has 0 unspecified atom stereocenters. The zero-order valence-electron chi connectivity index (χ0n) is 5.52. The van der Waals surface area contributed by atoms with Gasteiger partial charge in [-0.25, -0.2) is 4.79 Å². The first-order valence-corrected chi connectivity index (χ1v) is 3.47. The number of furan rings is 1. The first-order chi connectivity index (χ1) is 5.04. The summed E-state index contributed by atoms with van der Waals surface area (Å²) in [5.41, 5.74) is 0. The van der Waals surface area contributed by atoms with E-state index in [0.29, 0.717) is 5.76 Å². The quantitative estimate of drug-likeness (QED) is 0.748. The van der Waals surface area contributed by atoms with Crippen molar-refractivity contribution < 1.29 is 14.3 Å². The van der Waals surface area contributed by atoms with Gasteiger partial charge in [-0.3, -0.25) is 0 Å². The number of hydrogen-bond acceptors (Lipinski definition) is 2. The maximum absolute atomic E-state index is 10.4. The molecule has 5 heteroatoms. The lowest BCUT2D eigenvalue weighted by Gasteiger charge is -1.84. The van der Waals surface area contributed by atoms with Crippen molar-refractivity contribution >= 4 is 29.2 Å². The first kappa shape index (κ1) is 8.43. The molecule has 0 aliphatic carbocycles. The van der Waals surface area contributed by atoms with Crippen molar-refractivity contribution in [2.24, 2.45) is 0 Å². The minimum Gasteiger partial charge on any atom is -0.475 e. The molecule has 0 atom stereocenters. The fourth-order valence-corrected chi connectivity index (χ4v) is 1.01. The summed E-state index contributed by atoms with van der Waals surface area (Å²) in [6, 6.07) is 0. The summed E-state index contributed by atoms with van der Waals surface area (Å²) < 4.78 is 4.74. The molecule has 0 amide bonds. The largest absolute Gasteiger partial charge is 0.475 e. The molecule has 1 rings (SSSR count). The second kappa shape index (κ2) is 2.75. The van der Waals surface area contributed by atoms with E-state index in [-0.39, 0.29) is 15.8 Å². The molecule has 1 heterocycles. The van der Waals surface area contributed by atoms with Gasteiger partial charge in [-0.05, 0) is 6.92 Å². The molecule has 1 N–H and O–H groups in total. The van der Waals surface area contributed by atoms with Gasteiger partial charge >= 0.3 is 5.97 Å². The number of rotatable bonds is 1. The Bertz CT molecular complexity index is 303. The van der Waals surface area contributed by atoms with Crippen LogP contribution in [0.3, 0.4) is 0 Å². The van der Waals surface area contributed by atoms with E-state index in [1.807, 2.05) is 0 Å². The molecule has 0 fully saturated rings. The molecule has 0 aromatic carbocycles. The normalized spacial score (nSPS) is 10.1. The van der Waals surface area contributed by atoms with Crippen LogP contribution in [0.25, 0.3) is 0 Å². The summed E-state index contributed by atoms with van der Waals surface area (Å²) in [4.78, 5) is 10.4. The standard InChI is InChI=1S/C6H4Cl2O3/c1-2-3(7)4(8)5(11-2)6(9)10/h1H3,(H,9,10). The van der Waals surface area contributed by atoms with Gasteiger partial charge < -0.3 is 9.52 Å². The summed E-state index contributed by atoms with van der Waals surface area (Å²) >= 11 is 11.1. The van der Waals surface area contributed by atoms with Crippen molar-refractivity contribution in [3.8, 4) is 0 Å². The minimum atomic E-state index is -1.22. The molecule has 11 heavy (non-hydrogen) atoms. The smallest absolute Gasteiger partial charge is 0.373 e. The zero-order valence-corrected chi connectivity index (χ0v) is 7.03. The monoisotopic (exact) mass is 194 g/mol. The van der Waals surface area contributed by atoms with Gasteiger partial charge in [0.1, 0.15) is 15.8 Å². The molecular weight excluding hydrogens is 191 g/mol. The van der Waals surface area contributed by atoms with Crippen LogP contribution in [0.2, 0.25) is 10.0 Å². The predicted octanol–water partition coefficient (Wildman–Crippen LogP) is 2.59. The van der Waals surface area contributed by atoms with Crippen molar-refractivity contribution in [2.45, 2.75) is 6.92 Å². The van der Waals surface area contributed by atoms with E-state index in [4.69, 9.17) is 32.7 Å². The highest BCUT2D eigenvalue weighted by Crippen LogP contribution is 2.31. The average Bonchev–Trinajstić information content (AvgIpc) is 2.17. The van der Waals surface area contributed by atoms with E-state index in [2.05, 4.69) is 0 Å². The SMILES string of the molecule is Cc1oc(C(=O)O)c(Cl)c1Cl. The molecule has 0 saturated heterocycles. The zero-order chi connectivity index (χ0) is 8.59. The molecule has 0 saturated carbocycles. The van der Waals surface area contributed by atoms with Crippen molar-refractivity contribution in [3.05, 3.63) is 21.6 Å². The number of carboxylic acid groups (broad SMARTS) is 1. The van der Waals surface area contributed by atoms with Crippen LogP contribution in [0, 0.1) is 6.92 Å². The molecule has 1 aromatic rings. The second-order valence-corrected chi connectivity index (χ2v) is 2.68. The molecule has 0 bridgehead atoms. The van der Waals surface area contributed by atoms with Gasteiger partial charge in [0.15, 0.2) is 0 Å². The third-order valence-corrected chi connectivity index (χ3v) is 2.06. The third kappa shape index (κ3) is 1.34. The van der Waals surface area contributed by atoms with E-state index in [1.165, 1.54) is 0 Å². The number of aryl methyl sites for hydroxylation is 1. The minimum absolute atomic E-state index is 0.0448. The van der Waals surface area contributed by atoms with Crippen LogP contribution in [0.4, 0.5) is 0 Å². The molecule has 0 aliphatic rings. The van der Waals surface area contributed by atoms with E-state index in [9.17, 15) is 4.79 Å². The molecule has 0 radical (unpaired) electrons.